The highest BCUT2D eigenvalue weighted by molar-refractivity contribution is 5.09. The molecular weight excluding hydrogens is 172 g/mol. The average molecular weight is 187 g/mol. The largest absolute Gasteiger partial charge is 0.279 e. The number of alkyl halides is 2. The lowest BCUT2D eigenvalue weighted by atomic mass is 10.1. The lowest BCUT2D eigenvalue weighted by Gasteiger charge is -2.34. The van der Waals surface area contributed by atoms with Gasteiger partial charge in [-0.25, -0.2) is 8.78 Å². The smallest absolute Gasteiger partial charge is 0.263 e. The van der Waals surface area contributed by atoms with Crippen LogP contribution in [-0.4, -0.2) is 28.9 Å². The molecule has 1 aliphatic heterocycles. The first-order valence-electron chi connectivity index (χ1n) is 4.37. The van der Waals surface area contributed by atoms with Gasteiger partial charge in [0.05, 0.1) is 12.6 Å². The molecule has 0 N–H and O–H groups in total. The molecule has 1 fully saturated rings. The van der Waals surface area contributed by atoms with Gasteiger partial charge in [0.15, 0.2) is 0 Å². The lowest BCUT2D eigenvalue weighted by molar-refractivity contribution is 0.00156. The summed E-state index contributed by atoms with van der Waals surface area (Å²) in [6, 6.07) is -0.421. The molecule has 1 aliphatic rings. The molecular formula is C10H15F2N. The molecule has 0 aromatic heterocycles. The first-order chi connectivity index (χ1) is 5.76. The molecule has 1 heterocycles. The Labute approximate surface area is 78.1 Å². The third-order valence-corrected chi connectivity index (χ3v) is 2.32. The molecule has 0 aromatic rings. The van der Waals surface area contributed by atoms with E-state index in [0.717, 1.165) is 0 Å². The van der Waals surface area contributed by atoms with Gasteiger partial charge in [-0.15, -0.1) is 6.42 Å². The van der Waals surface area contributed by atoms with Crippen molar-refractivity contribution in [3.63, 3.8) is 0 Å². The summed E-state index contributed by atoms with van der Waals surface area (Å²) in [6.07, 6.45) is 5.01. The number of halogens is 2. The molecule has 1 unspecified atom stereocenters. The van der Waals surface area contributed by atoms with Crippen LogP contribution in [0.1, 0.15) is 27.2 Å². The normalized spacial score (nSPS) is 28.8. The number of hydrogen-bond acceptors (Lipinski definition) is 1. The van der Waals surface area contributed by atoms with Gasteiger partial charge in [-0.05, 0) is 20.8 Å². The minimum atomic E-state index is -2.62. The van der Waals surface area contributed by atoms with Crippen LogP contribution < -0.4 is 0 Å². The summed E-state index contributed by atoms with van der Waals surface area (Å²) >= 11 is 0. The maximum absolute atomic E-state index is 13.0. The van der Waals surface area contributed by atoms with E-state index in [1.54, 1.807) is 4.90 Å². The van der Waals surface area contributed by atoms with Gasteiger partial charge in [0.1, 0.15) is 0 Å². The fourth-order valence-electron chi connectivity index (χ4n) is 1.67. The van der Waals surface area contributed by atoms with Crippen LogP contribution in [0.15, 0.2) is 0 Å². The summed E-state index contributed by atoms with van der Waals surface area (Å²) in [7, 11) is 0. The quantitative estimate of drug-likeness (QED) is 0.525. The Kier molecular flexibility index (Phi) is 2.38. The SMILES string of the molecule is C#CC1CC(F)(F)CN1C(C)(C)C. The van der Waals surface area contributed by atoms with E-state index in [-0.39, 0.29) is 18.5 Å². The molecule has 13 heavy (non-hydrogen) atoms. The summed E-state index contributed by atoms with van der Waals surface area (Å²) in [4.78, 5) is 1.69. The van der Waals surface area contributed by atoms with Crippen LogP contribution in [0.5, 0.6) is 0 Å². The molecule has 1 saturated heterocycles. The summed E-state index contributed by atoms with van der Waals surface area (Å²) in [5.74, 6) is -0.199. The van der Waals surface area contributed by atoms with Crippen LogP contribution in [0, 0.1) is 12.3 Å². The van der Waals surface area contributed by atoms with Gasteiger partial charge >= 0.3 is 0 Å². The summed E-state index contributed by atoms with van der Waals surface area (Å²) in [5.41, 5.74) is -0.281. The Bertz CT molecular complexity index is 234. The van der Waals surface area contributed by atoms with Crippen molar-refractivity contribution in [2.45, 2.75) is 44.7 Å². The zero-order chi connectivity index (χ0) is 10.3. The predicted molar refractivity (Wildman–Crippen MR) is 48.6 cm³/mol. The van der Waals surface area contributed by atoms with Gasteiger partial charge in [-0.3, -0.25) is 4.90 Å². The predicted octanol–water partition coefficient (Wildman–Crippen LogP) is 2.13. The summed E-state index contributed by atoms with van der Waals surface area (Å²) in [6.45, 7) is 5.49. The van der Waals surface area contributed by atoms with Crippen molar-refractivity contribution in [3.8, 4) is 12.3 Å². The van der Waals surface area contributed by atoms with Crippen molar-refractivity contribution < 1.29 is 8.78 Å². The molecule has 74 valence electrons. The second kappa shape index (κ2) is 2.95. The summed E-state index contributed by atoms with van der Waals surface area (Å²) < 4.78 is 26.0. The van der Waals surface area contributed by atoms with Crippen molar-refractivity contribution in [2.24, 2.45) is 0 Å². The van der Waals surface area contributed by atoms with E-state index in [1.807, 2.05) is 20.8 Å². The second-order valence-corrected chi connectivity index (χ2v) is 4.54. The van der Waals surface area contributed by atoms with Crippen LogP contribution in [0.2, 0.25) is 0 Å². The van der Waals surface area contributed by atoms with Crippen molar-refractivity contribution in [1.82, 2.24) is 4.90 Å². The zero-order valence-electron chi connectivity index (χ0n) is 8.27. The molecule has 0 amide bonds. The molecule has 0 aliphatic carbocycles. The summed E-state index contributed by atoms with van der Waals surface area (Å²) in [5, 5.41) is 0. The molecule has 1 nitrogen and oxygen atoms in total. The Balaban J connectivity index is 2.83. The van der Waals surface area contributed by atoms with E-state index in [0.29, 0.717) is 0 Å². The number of nitrogens with zero attached hydrogens (tertiary/aromatic N) is 1. The minimum absolute atomic E-state index is 0.208. The van der Waals surface area contributed by atoms with Crippen LogP contribution in [0.4, 0.5) is 8.78 Å². The number of terminal acetylenes is 1. The first-order valence-corrected chi connectivity index (χ1v) is 4.37. The second-order valence-electron chi connectivity index (χ2n) is 4.54. The average Bonchev–Trinajstić information content (AvgIpc) is 2.24. The minimum Gasteiger partial charge on any atom is -0.279 e. The van der Waals surface area contributed by atoms with Gasteiger partial charge in [-0.1, -0.05) is 5.92 Å². The molecule has 1 atom stereocenters. The molecule has 3 heteroatoms. The first kappa shape index (κ1) is 10.5. The zero-order valence-corrected chi connectivity index (χ0v) is 8.27. The monoisotopic (exact) mass is 187 g/mol. The van der Waals surface area contributed by atoms with Crippen molar-refractivity contribution in [2.75, 3.05) is 6.54 Å². The van der Waals surface area contributed by atoms with Gasteiger partial charge in [0.2, 0.25) is 0 Å². The van der Waals surface area contributed by atoms with Gasteiger partial charge in [0.25, 0.3) is 5.92 Å². The fourth-order valence-corrected chi connectivity index (χ4v) is 1.67. The maximum Gasteiger partial charge on any atom is 0.263 e. The van der Waals surface area contributed by atoms with Gasteiger partial charge in [-0.2, -0.15) is 0 Å². The third kappa shape index (κ3) is 2.19. The van der Waals surface area contributed by atoms with E-state index in [4.69, 9.17) is 6.42 Å². The van der Waals surface area contributed by atoms with Crippen LogP contribution in [0.3, 0.4) is 0 Å². The van der Waals surface area contributed by atoms with Gasteiger partial charge < -0.3 is 0 Å². The molecule has 0 bridgehead atoms. The lowest BCUT2D eigenvalue weighted by Crippen LogP contribution is -2.44. The van der Waals surface area contributed by atoms with E-state index in [9.17, 15) is 8.78 Å². The highest BCUT2D eigenvalue weighted by atomic mass is 19.3. The van der Waals surface area contributed by atoms with Gasteiger partial charge in [0, 0.05) is 12.0 Å². The highest BCUT2D eigenvalue weighted by Crippen LogP contribution is 2.35. The van der Waals surface area contributed by atoms with Crippen molar-refractivity contribution in [1.29, 1.82) is 0 Å². The fraction of sp³-hybridized carbons (Fsp3) is 0.800. The molecule has 0 radical (unpaired) electrons. The Morgan fingerprint density at radius 1 is 1.46 bits per heavy atom. The Hall–Kier alpha value is -0.620. The standard InChI is InChI=1S/C10H15F2N/c1-5-8-6-10(11,12)7-13(8)9(2,3)4/h1,8H,6-7H2,2-4H3. The van der Waals surface area contributed by atoms with E-state index in [1.165, 1.54) is 0 Å². The van der Waals surface area contributed by atoms with E-state index >= 15 is 0 Å². The van der Waals surface area contributed by atoms with Crippen molar-refractivity contribution in [3.05, 3.63) is 0 Å². The Morgan fingerprint density at radius 2 is 2.00 bits per heavy atom. The topological polar surface area (TPSA) is 3.24 Å². The van der Waals surface area contributed by atoms with E-state index < -0.39 is 12.0 Å². The number of likely N-dealkylation sites (tertiary alicyclic amines) is 1. The third-order valence-electron chi connectivity index (χ3n) is 2.32. The molecule has 0 spiro atoms. The molecule has 1 rings (SSSR count). The number of rotatable bonds is 0. The van der Waals surface area contributed by atoms with Crippen LogP contribution >= 0.6 is 0 Å². The molecule has 0 saturated carbocycles. The van der Waals surface area contributed by atoms with Crippen LogP contribution in [0.25, 0.3) is 0 Å². The Morgan fingerprint density at radius 3 is 2.31 bits per heavy atom. The molecule has 0 aromatic carbocycles. The van der Waals surface area contributed by atoms with Crippen LogP contribution in [-0.2, 0) is 0 Å². The van der Waals surface area contributed by atoms with E-state index in [2.05, 4.69) is 5.92 Å². The number of hydrogen-bond donors (Lipinski definition) is 0. The van der Waals surface area contributed by atoms with Crippen molar-refractivity contribution >= 4 is 0 Å². The maximum atomic E-state index is 13.0. The highest BCUT2D eigenvalue weighted by Gasteiger charge is 2.47.